The van der Waals surface area contributed by atoms with Crippen molar-refractivity contribution in [3.05, 3.63) is 12.2 Å². The van der Waals surface area contributed by atoms with Gasteiger partial charge in [0.05, 0.1) is 12.0 Å². The lowest BCUT2D eigenvalue weighted by molar-refractivity contribution is -0.152. The first-order valence-electron chi connectivity index (χ1n) is 4.27. The number of allylic oxidation sites excluding steroid dienone is 1. The highest BCUT2D eigenvalue weighted by atomic mass is 16.5. The van der Waals surface area contributed by atoms with E-state index in [-0.39, 0.29) is 11.4 Å². The number of esters is 1. The first kappa shape index (κ1) is 11.2. The molecule has 0 aliphatic carbocycles. The van der Waals surface area contributed by atoms with Gasteiger partial charge in [0, 0.05) is 0 Å². The van der Waals surface area contributed by atoms with Crippen LogP contribution in [0.25, 0.3) is 0 Å². The normalized spacial score (nSPS) is 12.0. The van der Waals surface area contributed by atoms with Crippen molar-refractivity contribution in [3.8, 4) is 0 Å². The molecule has 0 aliphatic heterocycles. The van der Waals surface area contributed by atoms with E-state index in [2.05, 4.69) is 0 Å². The molecule has 0 aromatic rings. The van der Waals surface area contributed by atoms with Crippen LogP contribution in [0.5, 0.6) is 0 Å². The van der Waals surface area contributed by atoms with Crippen molar-refractivity contribution in [2.24, 2.45) is 5.41 Å². The molecule has 0 radical (unpaired) electrons. The highest BCUT2D eigenvalue weighted by Gasteiger charge is 2.22. The molecule has 0 N–H and O–H groups in total. The molecule has 0 heterocycles. The van der Waals surface area contributed by atoms with Crippen molar-refractivity contribution in [2.75, 3.05) is 6.61 Å². The van der Waals surface area contributed by atoms with Crippen LogP contribution < -0.4 is 0 Å². The highest BCUT2D eigenvalue weighted by Crippen LogP contribution is 2.14. The van der Waals surface area contributed by atoms with Gasteiger partial charge < -0.3 is 4.74 Å². The fraction of sp³-hybridized carbons (Fsp3) is 0.700. The predicted octanol–water partition coefficient (Wildman–Crippen LogP) is 2.54. The van der Waals surface area contributed by atoms with Gasteiger partial charge in [-0.25, -0.2) is 0 Å². The van der Waals surface area contributed by atoms with Crippen molar-refractivity contribution >= 4 is 5.97 Å². The highest BCUT2D eigenvalue weighted by molar-refractivity contribution is 5.75. The molecule has 0 aromatic heterocycles. The summed E-state index contributed by atoms with van der Waals surface area (Å²) in [4.78, 5) is 11.2. The Morgan fingerprint density at radius 3 is 2.42 bits per heavy atom. The van der Waals surface area contributed by atoms with Crippen molar-refractivity contribution < 1.29 is 9.53 Å². The van der Waals surface area contributed by atoms with Crippen molar-refractivity contribution in [1.29, 1.82) is 0 Å². The molecular formula is C10H18O2. The first-order valence-corrected chi connectivity index (χ1v) is 4.27. The van der Waals surface area contributed by atoms with Crippen LogP contribution in [0, 0.1) is 5.41 Å². The number of hydrogen-bond acceptors (Lipinski definition) is 2. The average Bonchev–Trinajstić information content (AvgIpc) is 1.96. The minimum Gasteiger partial charge on any atom is -0.465 e. The molecular weight excluding hydrogens is 152 g/mol. The van der Waals surface area contributed by atoms with E-state index in [1.807, 2.05) is 39.8 Å². The number of carbonyl (C=O) groups excluding carboxylic acids is 1. The number of rotatable bonds is 3. The van der Waals surface area contributed by atoms with Gasteiger partial charge in [-0.2, -0.15) is 0 Å². The van der Waals surface area contributed by atoms with Gasteiger partial charge in [-0.15, -0.1) is 0 Å². The maximum absolute atomic E-state index is 11.2. The van der Waals surface area contributed by atoms with E-state index in [4.69, 9.17) is 4.74 Å². The Hall–Kier alpha value is -0.790. The molecule has 0 aromatic carbocycles. The van der Waals surface area contributed by atoms with Gasteiger partial charge >= 0.3 is 5.97 Å². The third-order valence-electron chi connectivity index (χ3n) is 1.37. The number of carbonyl (C=O) groups is 1. The molecule has 2 heteroatoms. The largest absolute Gasteiger partial charge is 0.465 e. The molecule has 0 unspecified atom stereocenters. The van der Waals surface area contributed by atoms with Crippen LogP contribution in [-0.4, -0.2) is 12.6 Å². The quantitative estimate of drug-likeness (QED) is 0.369. The summed E-state index contributed by atoms with van der Waals surface area (Å²) in [6.07, 6.45) is 4.74. The standard InChI is InChI=1S/C10H18O2/c1-5-6-7-8-12-9(11)10(2,3)4/h5-6H,7-8H2,1-4H3/b6-5-. The molecule has 0 atom stereocenters. The monoisotopic (exact) mass is 170 g/mol. The smallest absolute Gasteiger partial charge is 0.311 e. The van der Waals surface area contributed by atoms with Gasteiger partial charge in [-0.1, -0.05) is 12.2 Å². The molecule has 0 amide bonds. The molecule has 12 heavy (non-hydrogen) atoms. The average molecular weight is 170 g/mol. The summed E-state index contributed by atoms with van der Waals surface area (Å²) in [5, 5.41) is 0. The Bertz CT molecular complexity index is 163. The number of ether oxygens (including phenoxy) is 1. The van der Waals surface area contributed by atoms with Crippen LogP contribution in [0.1, 0.15) is 34.1 Å². The molecule has 70 valence electrons. The van der Waals surface area contributed by atoms with Crippen LogP contribution in [0.4, 0.5) is 0 Å². The first-order chi connectivity index (χ1) is 5.48. The van der Waals surface area contributed by atoms with Crippen LogP contribution in [0.2, 0.25) is 0 Å². The summed E-state index contributed by atoms with van der Waals surface area (Å²) in [5.74, 6) is -0.132. The van der Waals surface area contributed by atoms with Crippen LogP contribution in [0.3, 0.4) is 0 Å². The molecule has 0 aliphatic rings. The van der Waals surface area contributed by atoms with Crippen molar-refractivity contribution in [1.82, 2.24) is 0 Å². The lowest BCUT2D eigenvalue weighted by Gasteiger charge is -2.15. The molecule has 0 fully saturated rings. The Balaban J connectivity index is 3.59. The summed E-state index contributed by atoms with van der Waals surface area (Å²) >= 11 is 0. The maximum Gasteiger partial charge on any atom is 0.311 e. The van der Waals surface area contributed by atoms with Gasteiger partial charge in [0.2, 0.25) is 0 Å². The van der Waals surface area contributed by atoms with E-state index in [9.17, 15) is 4.79 Å². The minimum absolute atomic E-state index is 0.132. The van der Waals surface area contributed by atoms with E-state index < -0.39 is 0 Å². The Morgan fingerprint density at radius 2 is 2.00 bits per heavy atom. The fourth-order valence-corrected chi connectivity index (χ4v) is 0.603. The number of hydrogen-bond donors (Lipinski definition) is 0. The summed E-state index contributed by atoms with van der Waals surface area (Å²) in [5.41, 5.74) is -0.379. The lowest BCUT2D eigenvalue weighted by Crippen LogP contribution is -2.23. The van der Waals surface area contributed by atoms with Crippen molar-refractivity contribution in [3.63, 3.8) is 0 Å². The van der Waals surface area contributed by atoms with Crippen LogP contribution >= 0.6 is 0 Å². The van der Waals surface area contributed by atoms with Gasteiger partial charge in [-0.3, -0.25) is 4.79 Å². The zero-order chi connectivity index (χ0) is 9.61. The summed E-state index contributed by atoms with van der Waals surface area (Å²) < 4.78 is 5.02. The van der Waals surface area contributed by atoms with Crippen LogP contribution in [-0.2, 0) is 9.53 Å². The summed E-state index contributed by atoms with van der Waals surface area (Å²) in [6, 6.07) is 0. The van der Waals surface area contributed by atoms with Gasteiger partial charge in [0.15, 0.2) is 0 Å². The van der Waals surface area contributed by atoms with E-state index in [0.717, 1.165) is 6.42 Å². The van der Waals surface area contributed by atoms with E-state index in [1.54, 1.807) is 0 Å². The van der Waals surface area contributed by atoms with Gasteiger partial charge in [-0.05, 0) is 34.1 Å². The lowest BCUT2D eigenvalue weighted by atomic mass is 9.97. The molecule has 0 saturated carbocycles. The molecule has 2 nitrogen and oxygen atoms in total. The van der Waals surface area contributed by atoms with Gasteiger partial charge in [0.1, 0.15) is 0 Å². The van der Waals surface area contributed by atoms with Gasteiger partial charge in [0.25, 0.3) is 0 Å². The van der Waals surface area contributed by atoms with E-state index in [1.165, 1.54) is 0 Å². The predicted molar refractivity (Wildman–Crippen MR) is 49.8 cm³/mol. The third-order valence-corrected chi connectivity index (χ3v) is 1.37. The Kier molecular flexibility index (Phi) is 4.64. The second-order valence-electron chi connectivity index (χ2n) is 3.74. The molecule has 0 spiro atoms. The zero-order valence-electron chi connectivity index (χ0n) is 8.39. The second kappa shape index (κ2) is 4.96. The summed E-state index contributed by atoms with van der Waals surface area (Å²) in [7, 11) is 0. The summed E-state index contributed by atoms with van der Waals surface area (Å²) in [6.45, 7) is 7.99. The topological polar surface area (TPSA) is 26.3 Å². The van der Waals surface area contributed by atoms with Crippen molar-refractivity contribution in [2.45, 2.75) is 34.1 Å². The maximum atomic E-state index is 11.2. The van der Waals surface area contributed by atoms with E-state index >= 15 is 0 Å². The Morgan fingerprint density at radius 1 is 1.42 bits per heavy atom. The third kappa shape index (κ3) is 4.94. The fourth-order valence-electron chi connectivity index (χ4n) is 0.603. The molecule has 0 rings (SSSR count). The zero-order valence-corrected chi connectivity index (χ0v) is 8.39. The SMILES string of the molecule is C/C=C\CCOC(=O)C(C)(C)C. The van der Waals surface area contributed by atoms with Crippen LogP contribution in [0.15, 0.2) is 12.2 Å². The Labute approximate surface area is 74.6 Å². The molecule has 0 saturated heterocycles. The van der Waals surface area contributed by atoms with E-state index in [0.29, 0.717) is 6.61 Å². The molecule has 0 bridgehead atoms. The second-order valence-corrected chi connectivity index (χ2v) is 3.74. The minimum atomic E-state index is -0.379.